The third-order valence-electron chi connectivity index (χ3n) is 3.26. The molecular weight excluding hydrogens is 198 g/mol. The average molecular weight is 217 g/mol. The van der Waals surface area contributed by atoms with Crippen molar-refractivity contribution < 1.29 is 4.79 Å². The highest BCUT2D eigenvalue weighted by molar-refractivity contribution is 5.78. The molecule has 1 aliphatic heterocycles. The van der Waals surface area contributed by atoms with E-state index in [1.165, 1.54) is 5.56 Å². The fourth-order valence-electron chi connectivity index (χ4n) is 2.32. The second kappa shape index (κ2) is 4.69. The van der Waals surface area contributed by atoms with Crippen molar-refractivity contribution in [1.29, 1.82) is 0 Å². The summed E-state index contributed by atoms with van der Waals surface area (Å²) < 4.78 is 0. The zero-order chi connectivity index (χ0) is 11.5. The van der Waals surface area contributed by atoms with Gasteiger partial charge in [-0.3, -0.25) is 4.79 Å². The summed E-state index contributed by atoms with van der Waals surface area (Å²) in [6.45, 7) is 5.74. The molecule has 2 rings (SSSR count). The Bertz CT molecular complexity index is 358. The number of hydrogen-bond acceptors (Lipinski definition) is 1. The Labute approximate surface area is 97.3 Å². The highest BCUT2D eigenvalue weighted by Crippen LogP contribution is 2.27. The number of carbonyl (C=O) groups is 1. The van der Waals surface area contributed by atoms with Crippen LogP contribution in [0.3, 0.4) is 0 Å². The van der Waals surface area contributed by atoms with Crippen molar-refractivity contribution in [3.05, 3.63) is 35.9 Å². The summed E-state index contributed by atoms with van der Waals surface area (Å²) in [5.74, 6) is 0.942. The van der Waals surface area contributed by atoms with Gasteiger partial charge in [-0.15, -0.1) is 0 Å². The number of amides is 1. The zero-order valence-electron chi connectivity index (χ0n) is 10.0. The summed E-state index contributed by atoms with van der Waals surface area (Å²) in [4.78, 5) is 13.9. The smallest absolute Gasteiger partial charge is 0.225 e. The van der Waals surface area contributed by atoms with E-state index in [1.807, 2.05) is 24.8 Å². The van der Waals surface area contributed by atoms with Crippen molar-refractivity contribution in [3.63, 3.8) is 0 Å². The van der Waals surface area contributed by atoms with Crippen molar-refractivity contribution in [2.24, 2.45) is 5.92 Å². The van der Waals surface area contributed by atoms with Gasteiger partial charge in [0.25, 0.3) is 0 Å². The average Bonchev–Trinajstić information content (AvgIpc) is 2.78. The molecule has 1 atom stereocenters. The van der Waals surface area contributed by atoms with E-state index in [2.05, 4.69) is 24.3 Å². The van der Waals surface area contributed by atoms with Gasteiger partial charge in [0.15, 0.2) is 0 Å². The molecule has 1 heterocycles. The monoisotopic (exact) mass is 217 g/mol. The van der Waals surface area contributed by atoms with Gasteiger partial charge in [-0.2, -0.15) is 0 Å². The number of likely N-dealkylation sites (tertiary alicyclic amines) is 1. The van der Waals surface area contributed by atoms with Gasteiger partial charge in [0.1, 0.15) is 0 Å². The Morgan fingerprint density at radius 3 is 2.62 bits per heavy atom. The van der Waals surface area contributed by atoms with Crippen LogP contribution in [-0.2, 0) is 4.79 Å². The molecule has 1 aromatic carbocycles. The standard InChI is InChI=1S/C14H19NO/c1-11(2)14(16)15-9-8-13(10-15)12-6-4-3-5-7-12/h3-7,11,13H,8-10H2,1-2H3. The van der Waals surface area contributed by atoms with Crippen LogP contribution in [0.5, 0.6) is 0 Å². The van der Waals surface area contributed by atoms with E-state index in [0.717, 1.165) is 19.5 Å². The van der Waals surface area contributed by atoms with E-state index in [4.69, 9.17) is 0 Å². The Morgan fingerprint density at radius 2 is 2.00 bits per heavy atom. The van der Waals surface area contributed by atoms with Gasteiger partial charge >= 0.3 is 0 Å². The first kappa shape index (κ1) is 11.2. The minimum absolute atomic E-state index is 0.120. The minimum Gasteiger partial charge on any atom is -0.342 e. The Kier molecular flexibility index (Phi) is 3.28. The van der Waals surface area contributed by atoms with Crippen LogP contribution in [0.2, 0.25) is 0 Å². The van der Waals surface area contributed by atoms with Gasteiger partial charge in [0, 0.05) is 24.9 Å². The topological polar surface area (TPSA) is 20.3 Å². The molecule has 1 unspecified atom stereocenters. The summed E-state index contributed by atoms with van der Waals surface area (Å²) in [6.07, 6.45) is 1.10. The number of nitrogens with zero attached hydrogens (tertiary/aromatic N) is 1. The van der Waals surface area contributed by atoms with Crippen LogP contribution in [0, 0.1) is 5.92 Å². The third-order valence-corrected chi connectivity index (χ3v) is 3.26. The van der Waals surface area contributed by atoms with Gasteiger partial charge < -0.3 is 4.90 Å². The number of rotatable bonds is 2. The van der Waals surface area contributed by atoms with Gasteiger partial charge in [-0.1, -0.05) is 44.2 Å². The van der Waals surface area contributed by atoms with Gasteiger partial charge in [0.05, 0.1) is 0 Å². The molecule has 1 aromatic rings. The van der Waals surface area contributed by atoms with Crippen LogP contribution in [-0.4, -0.2) is 23.9 Å². The zero-order valence-corrected chi connectivity index (χ0v) is 10.0. The van der Waals surface area contributed by atoms with Crippen molar-refractivity contribution in [3.8, 4) is 0 Å². The maximum absolute atomic E-state index is 11.8. The Morgan fingerprint density at radius 1 is 1.31 bits per heavy atom. The maximum Gasteiger partial charge on any atom is 0.225 e. The second-order valence-corrected chi connectivity index (χ2v) is 4.84. The molecule has 16 heavy (non-hydrogen) atoms. The molecule has 2 nitrogen and oxygen atoms in total. The molecule has 86 valence electrons. The first-order valence-corrected chi connectivity index (χ1v) is 6.02. The number of benzene rings is 1. The van der Waals surface area contributed by atoms with E-state index >= 15 is 0 Å². The summed E-state index contributed by atoms with van der Waals surface area (Å²) >= 11 is 0. The predicted octanol–water partition coefficient (Wildman–Crippen LogP) is 2.66. The lowest BCUT2D eigenvalue weighted by molar-refractivity contribution is -0.133. The fourth-order valence-corrected chi connectivity index (χ4v) is 2.32. The third kappa shape index (κ3) is 2.26. The van der Waals surface area contributed by atoms with Gasteiger partial charge in [-0.05, 0) is 12.0 Å². The molecule has 0 bridgehead atoms. The van der Waals surface area contributed by atoms with Crippen LogP contribution in [0.15, 0.2) is 30.3 Å². The predicted molar refractivity (Wildman–Crippen MR) is 65.2 cm³/mol. The fraction of sp³-hybridized carbons (Fsp3) is 0.500. The van der Waals surface area contributed by atoms with Crippen molar-refractivity contribution >= 4 is 5.91 Å². The Hall–Kier alpha value is -1.31. The van der Waals surface area contributed by atoms with Crippen LogP contribution in [0.25, 0.3) is 0 Å². The van der Waals surface area contributed by atoms with Crippen molar-refractivity contribution in [2.75, 3.05) is 13.1 Å². The van der Waals surface area contributed by atoms with E-state index < -0.39 is 0 Å². The molecule has 1 aliphatic rings. The minimum atomic E-state index is 0.120. The largest absolute Gasteiger partial charge is 0.342 e. The van der Waals surface area contributed by atoms with E-state index in [1.54, 1.807) is 0 Å². The molecule has 1 saturated heterocycles. The lowest BCUT2D eigenvalue weighted by atomic mass is 9.99. The van der Waals surface area contributed by atoms with Crippen LogP contribution in [0.4, 0.5) is 0 Å². The molecule has 0 saturated carbocycles. The highest BCUT2D eigenvalue weighted by atomic mass is 16.2. The molecular formula is C14H19NO. The second-order valence-electron chi connectivity index (χ2n) is 4.84. The SMILES string of the molecule is CC(C)C(=O)N1CCC(c2ccccc2)C1. The van der Waals surface area contributed by atoms with E-state index in [9.17, 15) is 4.79 Å². The first-order chi connectivity index (χ1) is 7.68. The van der Waals surface area contributed by atoms with Crippen molar-refractivity contribution in [2.45, 2.75) is 26.2 Å². The first-order valence-electron chi connectivity index (χ1n) is 6.02. The van der Waals surface area contributed by atoms with Crippen LogP contribution >= 0.6 is 0 Å². The van der Waals surface area contributed by atoms with E-state index in [0.29, 0.717) is 11.8 Å². The lowest BCUT2D eigenvalue weighted by Gasteiger charge is -2.18. The quantitative estimate of drug-likeness (QED) is 0.745. The molecule has 0 N–H and O–H groups in total. The van der Waals surface area contributed by atoms with Gasteiger partial charge in [0.2, 0.25) is 5.91 Å². The highest BCUT2D eigenvalue weighted by Gasteiger charge is 2.28. The molecule has 0 aromatic heterocycles. The van der Waals surface area contributed by atoms with Crippen LogP contribution < -0.4 is 0 Å². The summed E-state index contributed by atoms with van der Waals surface area (Å²) in [7, 11) is 0. The number of carbonyl (C=O) groups excluding carboxylic acids is 1. The summed E-state index contributed by atoms with van der Waals surface area (Å²) in [5, 5.41) is 0. The maximum atomic E-state index is 11.8. The molecule has 1 fully saturated rings. The summed E-state index contributed by atoms with van der Waals surface area (Å²) in [5.41, 5.74) is 1.36. The summed E-state index contributed by atoms with van der Waals surface area (Å²) in [6, 6.07) is 10.5. The van der Waals surface area contributed by atoms with E-state index in [-0.39, 0.29) is 5.92 Å². The van der Waals surface area contributed by atoms with Crippen molar-refractivity contribution in [1.82, 2.24) is 4.90 Å². The molecule has 2 heteroatoms. The number of hydrogen-bond donors (Lipinski definition) is 0. The van der Waals surface area contributed by atoms with Gasteiger partial charge in [-0.25, -0.2) is 0 Å². The molecule has 0 spiro atoms. The van der Waals surface area contributed by atoms with Crippen LogP contribution in [0.1, 0.15) is 31.7 Å². The lowest BCUT2D eigenvalue weighted by Crippen LogP contribution is -2.31. The molecule has 0 radical (unpaired) electrons. The normalized spacial score (nSPS) is 20.4. The molecule has 1 amide bonds. The molecule has 0 aliphatic carbocycles. The Balaban J connectivity index is 2.01.